The number of alkyl carbamates (subject to hydrolysis) is 1. The van der Waals surface area contributed by atoms with Crippen LogP contribution >= 0.6 is 0 Å². The number of amides is 1. The molecule has 0 bridgehead atoms. The Kier molecular flexibility index (Phi) is 6.39. The first-order chi connectivity index (χ1) is 10.6. The van der Waals surface area contributed by atoms with E-state index in [2.05, 4.69) is 13.9 Å². The molecule has 0 aliphatic rings. The molecule has 0 saturated heterocycles. The van der Waals surface area contributed by atoms with Gasteiger partial charge in [0.25, 0.3) is 10.1 Å². The molecule has 1 atom stereocenters. The van der Waals surface area contributed by atoms with Crippen molar-refractivity contribution in [2.24, 2.45) is 10.7 Å². The molecule has 0 aliphatic carbocycles. The van der Waals surface area contributed by atoms with E-state index in [0.717, 1.165) is 31.6 Å². The smallest absolute Gasteiger partial charge is 0.413 e. The molecule has 0 radical (unpaired) electrons. The third-order valence-corrected chi connectivity index (χ3v) is 3.04. The largest absolute Gasteiger partial charge is 0.453 e. The monoisotopic (exact) mass is 351 g/mol. The highest BCUT2D eigenvalue weighted by Crippen LogP contribution is 2.25. The number of carbonyl (C=O) groups excluding carboxylic acids is 1. The zero-order valence-corrected chi connectivity index (χ0v) is 13.1. The van der Waals surface area contributed by atoms with Crippen LogP contribution in [0.3, 0.4) is 0 Å². The molecular weight excluding hydrogens is 336 g/mol. The van der Waals surface area contributed by atoms with E-state index in [4.69, 9.17) is 5.73 Å². The molecule has 23 heavy (non-hydrogen) atoms. The van der Waals surface area contributed by atoms with Crippen molar-refractivity contribution >= 4 is 22.2 Å². The molecule has 0 aromatic heterocycles. The SMILES string of the molecule is COC(=O)NC(N)=NCC(OS(C)(=O)=O)c1c(F)cccc1F. The number of nitrogens with two attached hydrogens (primary N) is 1. The molecule has 1 rings (SSSR count). The minimum atomic E-state index is -4.04. The Labute approximate surface area is 131 Å². The van der Waals surface area contributed by atoms with Crippen LogP contribution in [0.5, 0.6) is 0 Å². The van der Waals surface area contributed by atoms with Gasteiger partial charge in [0, 0.05) is 0 Å². The molecule has 0 saturated carbocycles. The second-order valence-corrected chi connectivity index (χ2v) is 5.87. The Morgan fingerprint density at radius 3 is 2.43 bits per heavy atom. The molecule has 1 amide bonds. The lowest BCUT2D eigenvalue weighted by Crippen LogP contribution is -2.37. The van der Waals surface area contributed by atoms with E-state index in [1.54, 1.807) is 0 Å². The maximum absolute atomic E-state index is 13.8. The highest BCUT2D eigenvalue weighted by Gasteiger charge is 2.24. The fourth-order valence-electron chi connectivity index (χ4n) is 1.58. The van der Waals surface area contributed by atoms with Crippen molar-refractivity contribution in [2.75, 3.05) is 19.9 Å². The van der Waals surface area contributed by atoms with E-state index in [0.29, 0.717) is 0 Å². The maximum atomic E-state index is 13.8. The third-order valence-electron chi connectivity index (χ3n) is 2.46. The second kappa shape index (κ2) is 7.83. The van der Waals surface area contributed by atoms with Crippen LogP contribution in [0.1, 0.15) is 11.7 Å². The lowest BCUT2D eigenvalue weighted by atomic mass is 10.1. The van der Waals surface area contributed by atoms with E-state index in [1.807, 2.05) is 5.32 Å². The summed E-state index contributed by atoms with van der Waals surface area (Å²) < 4.78 is 59.0. The molecule has 0 fully saturated rings. The molecule has 128 valence electrons. The Bertz CT molecular complexity index is 688. The molecule has 1 unspecified atom stereocenters. The highest BCUT2D eigenvalue weighted by atomic mass is 32.2. The number of aliphatic imine (C=N–C) groups is 1. The normalized spacial score (nSPS) is 13.5. The predicted octanol–water partition coefficient (Wildman–Crippen LogP) is 0.653. The number of methoxy groups -OCH3 is 1. The Hall–Kier alpha value is -2.27. The van der Waals surface area contributed by atoms with Crippen molar-refractivity contribution in [3.05, 3.63) is 35.4 Å². The molecule has 11 heteroatoms. The number of halogens is 2. The summed E-state index contributed by atoms with van der Waals surface area (Å²) in [5.74, 6) is -2.45. The van der Waals surface area contributed by atoms with E-state index >= 15 is 0 Å². The fourth-order valence-corrected chi connectivity index (χ4v) is 2.15. The van der Waals surface area contributed by atoms with E-state index < -0.39 is 52.0 Å². The topological polar surface area (TPSA) is 120 Å². The van der Waals surface area contributed by atoms with Crippen LogP contribution in [-0.2, 0) is 19.0 Å². The van der Waals surface area contributed by atoms with Crippen LogP contribution in [-0.4, -0.2) is 40.4 Å². The van der Waals surface area contributed by atoms with Gasteiger partial charge in [-0.3, -0.25) is 9.50 Å². The number of nitrogens with zero attached hydrogens (tertiary/aromatic N) is 1. The lowest BCUT2D eigenvalue weighted by Gasteiger charge is -2.16. The summed E-state index contributed by atoms with van der Waals surface area (Å²) in [5, 5.41) is 2.00. The van der Waals surface area contributed by atoms with Gasteiger partial charge in [-0.05, 0) is 12.1 Å². The number of hydrogen-bond acceptors (Lipinski definition) is 6. The summed E-state index contributed by atoms with van der Waals surface area (Å²) >= 11 is 0. The van der Waals surface area contributed by atoms with Crippen LogP contribution < -0.4 is 11.1 Å². The number of hydrogen-bond donors (Lipinski definition) is 2. The highest BCUT2D eigenvalue weighted by molar-refractivity contribution is 7.86. The van der Waals surface area contributed by atoms with Gasteiger partial charge in [-0.2, -0.15) is 8.42 Å². The van der Waals surface area contributed by atoms with Gasteiger partial charge in [0.15, 0.2) is 5.96 Å². The number of nitrogens with one attached hydrogen (secondary N) is 1. The van der Waals surface area contributed by atoms with Gasteiger partial charge in [-0.1, -0.05) is 6.07 Å². The van der Waals surface area contributed by atoms with Crippen LogP contribution in [0, 0.1) is 11.6 Å². The fraction of sp³-hybridized carbons (Fsp3) is 0.333. The third kappa shape index (κ3) is 6.16. The van der Waals surface area contributed by atoms with Crippen molar-refractivity contribution in [3.63, 3.8) is 0 Å². The van der Waals surface area contributed by atoms with E-state index in [-0.39, 0.29) is 0 Å². The average Bonchev–Trinajstić information content (AvgIpc) is 2.42. The van der Waals surface area contributed by atoms with Crippen molar-refractivity contribution in [1.82, 2.24) is 5.32 Å². The number of carbonyl (C=O) groups is 1. The second-order valence-electron chi connectivity index (χ2n) is 4.27. The maximum Gasteiger partial charge on any atom is 0.413 e. The molecular formula is C12H15F2N3O5S. The number of ether oxygens (including phenoxy) is 1. The summed E-state index contributed by atoms with van der Waals surface area (Å²) in [5.41, 5.74) is 4.74. The average molecular weight is 351 g/mol. The zero-order chi connectivity index (χ0) is 17.6. The standard InChI is InChI=1S/C12H15F2N3O5S/c1-21-12(18)17-11(15)16-6-9(22-23(2,19)20)10-7(13)4-3-5-8(10)14/h3-5,9H,6H2,1-2H3,(H3,15,16,17,18). The Balaban J connectivity index is 3.08. The molecule has 1 aromatic rings. The summed E-state index contributed by atoms with van der Waals surface area (Å²) in [6.07, 6.45) is -1.79. The summed E-state index contributed by atoms with van der Waals surface area (Å²) in [6.45, 7) is -0.555. The molecule has 8 nitrogen and oxygen atoms in total. The molecule has 3 N–H and O–H groups in total. The Morgan fingerprint density at radius 2 is 1.96 bits per heavy atom. The number of guanidine groups is 1. The van der Waals surface area contributed by atoms with Crippen LogP contribution in [0.2, 0.25) is 0 Å². The zero-order valence-electron chi connectivity index (χ0n) is 12.2. The van der Waals surface area contributed by atoms with Gasteiger partial charge >= 0.3 is 6.09 Å². The van der Waals surface area contributed by atoms with Crippen molar-refractivity contribution in [3.8, 4) is 0 Å². The molecule has 0 spiro atoms. The first-order valence-electron chi connectivity index (χ1n) is 6.11. The minimum absolute atomic E-state index is 0.435. The summed E-state index contributed by atoms with van der Waals surface area (Å²) in [7, 11) is -2.95. The van der Waals surface area contributed by atoms with Gasteiger partial charge in [0.05, 0.1) is 25.5 Å². The van der Waals surface area contributed by atoms with Crippen molar-refractivity contribution in [2.45, 2.75) is 6.10 Å². The van der Waals surface area contributed by atoms with Crippen LogP contribution in [0.15, 0.2) is 23.2 Å². The van der Waals surface area contributed by atoms with E-state index in [1.165, 1.54) is 0 Å². The first kappa shape index (κ1) is 18.8. The number of benzene rings is 1. The molecule has 0 heterocycles. The van der Waals surface area contributed by atoms with Crippen molar-refractivity contribution < 1.29 is 30.9 Å². The van der Waals surface area contributed by atoms with Crippen molar-refractivity contribution in [1.29, 1.82) is 0 Å². The van der Waals surface area contributed by atoms with Gasteiger partial charge in [-0.15, -0.1) is 0 Å². The molecule has 1 aromatic carbocycles. The summed E-state index contributed by atoms with van der Waals surface area (Å²) in [6, 6.07) is 3.00. The van der Waals surface area contributed by atoms with Crippen LogP contribution in [0.25, 0.3) is 0 Å². The number of rotatable bonds is 5. The van der Waals surface area contributed by atoms with Gasteiger partial charge in [-0.25, -0.2) is 18.6 Å². The predicted molar refractivity (Wildman–Crippen MR) is 77.1 cm³/mol. The van der Waals surface area contributed by atoms with Crippen LogP contribution in [0.4, 0.5) is 13.6 Å². The summed E-state index contributed by atoms with van der Waals surface area (Å²) in [4.78, 5) is 14.5. The minimum Gasteiger partial charge on any atom is -0.453 e. The van der Waals surface area contributed by atoms with Gasteiger partial charge < -0.3 is 10.5 Å². The first-order valence-corrected chi connectivity index (χ1v) is 7.92. The molecule has 0 aliphatic heterocycles. The van der Waals surface area contributed by atoms with Gasteiger partial charge in [0.2, 0.25) is 0 Å². The lowest BCUT2D eigenvalue weighted by molar-refractivity contribution is 0.176. The quantitative estimate of drug-likeness (QED) is 0.457. The Morgan fingerprint density at radius 1 is 1.39 bits per heavy atom. The van der Waals surface area contributed by atoms with E-state index in [9.17, 15) is 22.0 Å². The van der Waals surface area contributed by atoms with Gasteiger partial charge in [0.1, 0.15) is 17.7 Å².